The SMILES string of the molecule is CCCCCOC(=O)Nc1ccc(S(=O)(=O)N(C)C)cc1. The Morgan fingerprint density at radius 2 is 1.81 bits per heavy atom. The highest BCUT2D eigenvalue weighted by Gasteiger charge is 2.16. The van der Waals surface area contributed by atoms with Crippen molar-refractivity contribution in [3.05, 3.63) is 24.3 Å². The molecule has 21 heavy (non-hydrogen) atoms. The van der Waals surface area contributed by atoms with Crippen LogP contribution in [0.2, 0.25) is 0 Å². The van der Waals surface area contributed by atoms with Crippen LogP contribution in [-0.2, 0) is 14.8 Å². The zero-order chi connectivity index (χ0) is 15.9. The maximum absolute atomic E-state index is 11.9. The third-order valence-electron chi connectivity index (χ3n) is 2.86. The van der Waals surface area contributed by atoms with Crippen molar-refractivity contribution in [2.75, 3.05) is 26.0 Å². The van der Waals surface area contributed by atoms with Crippen LogP contribution in [0, 0.1) is 0 Å². The number of carbonyl (C=O) groups is 1. The molecule has 1 rings (SSSR count). The fourth-order valence-corrected chi connectivity index (χ4v) is 2.49. The molecule has 0 radical (unpaired) electrons. The number of unbranched alkanes of at least 4 members (excludes halogenated alkanes) is 2. The second-order valence-electron chi connectivity index (χ2n) is 4.78. The summed E-state index contributed by atoms with van der Waals surface area (Å²) in [4.78, 5) is 11.7. The van der Waals surface area contributed by atoms with Crippen molar-refractivity contribution in [1.82, 2.24) is 4.31 Å². The van der Waals surface area contributed by atoms with Gasteiger partial charge in [-0.2, -0.15) is 0 Å². The molecule has 1 aromatic carbocycles. The van der Waals surface area contributed by atoms with Gasteiger partial charge in [0.15, 0.2) is 0 Å². The molecule has 0 atom stereocenters. The number of ether oxygens (including phenoxy) is 1. The van der Waals surface area contributed by atoms with Gasteiger partial charge in [-0.05, 0) is 30.7 Å². The van der Waals surface area contributed by atoms with E-state index in [4.69, 9.17) is 4.74 Å². The van der Waals surface area contributed by atoms with Gasteiger partial charge in [-0.15, -0.1) is 0 Å². The molecule has 0 aliphatic rings. The Morgan fingerprint density at radius 3 is 2.33 bits per heavy atom. The largest absolute Gasteiger partial charge is 0.449 e. The molecule has 0 fully saturated rings. The summed E-state index contributed by atoms with van der Waals surface area (Å²) in [6.07, 6.45) is 2.38. The summed E-state index contributed by atoms with van der Waals surface area (Å²) in [5, 5.41) is 2.56. The summed E-state index contributed by atoms with van der Waals surface area (Å²) in [5.41, 5.74) is 0.494. The molecule has 0 heterocycles. The first-order chi connectivity index (χ1) is 9.87. The van der Waals surface area contributed by atoms with Gasteiger partial charge < -0.3 is 4.74 Å². The van der Waals surface area contributed by atoms with Crippen LogP contribution in [0.25, 0.3) is 0 Å². The third kappa shape index (κ3) is 5.35. The number of rotatable bonds is 7. The molecule has 0 aromatic heterocycles. The molecular formula is C14H22N2O4S. The summed E-state index contributed by atoms with van der Waals surface area (Å²) >= 11 is 0. The predicted octanol–water partition coefficient (Wildman–Crippen LogP) is 2.68. The Bertz CT molecular complexity index is 553. The molecule has 1 N–H and O–H groups in total. The average molecular weight is 314 g/mol. The minimum Gasteiger partial charge on any atom is -0.449 e. The summed E-state index contributed by atoms with van der Waals surface area (Å²) in [6.45, 7) is 2.45. The highest BCUT2D eigenvalue weighted by molar-refractivity contribution is 7.89. The van der Waals surface area contributed by atoms with Gasteiger partial charge in [0, 0.05) is 19.8 Å². The van der Waals surface area contributed by atoms with Crippen LogP contribution in [0.5, 0.6) is 0 Å². The lowest BCUT2D eigenvalue weighted by molar-refractivity contribution is 0.159. The summed E-state index contributed by atoms with van der Waals surface area (Å²) < 4.78 is 29.9. The monoisotopic (exact) mass is 314 g/mol. The molecule has 0 saturated carbocycles. The smallest absolute Gasteiger partial charge is 0.411 e. The maximum Gasteiger partial charge on any atom is 0.411 e. The molecule has 0 aliphatic carbocycles. The van der Waals surface area contributed by atoms with Crippen LogP contribution >= 0.6 is 0 Å². The highest BCUT2D eigenvalue weighted by Crippen LogP contribution is 2.16. The quantitative estimate of drug-likeness (QED) is 0.785. The lowest BCUT2D eigenvalue weighted by atomic mass is 10.3. The van der Waals surface area contributed by atoms with Crippen molar-refractivity contribution < 1.29 is 17.9 Å². The van der Waals surface area contributed by atoms with E-state index in [9.17, 15) is 13.2 Å². The van der Waals surface area contributed by atoms with E-state index in [2.05, 4.69) is 12.2 Å². The first-order valence-corrected chi connectivity index (χ1v) is 8.28. The summed E-state index contributed by atoms with van der Waals surface area (Å²) in [7, 11) is -0.518. The van der Waals surface area contributed by atoms with Crippen molar-refractivity contribution in [3.63, 3.8) is 0 Å². The van der Waals surface area contributed by atoms with E-state index in [1.54, 1.807) is 0 Å². The number of nitrogens with one attached hydrogen (secondary N) is 1. The van der Waals surface area contributed by atoms with Crippen LogP contribution in [0.15, 0.2) is 29.2 Å². The molecule has 7 heteroatoms. The molecule has 1 aromatic rings. The van der Waals surface area contributed by atoms with E-state index < -0.39 is 16.1 Å². The number of hydrogen-bond donors (Lipinski definition) is 1. The van der Waals surface area contributed by atoms with Crippen LogP contribution in [-0.4, -0.2) is 39.5 Å². The van der Waals surface area contributed by atoms with Gasteiger partial charge in [-0.1, -0.05) is 19.8 Å². The highest BCUT2D eigenvalue weighted by atomic mass is 32.2. The number of nitrogens with zero attached hydrogens (tertiary/aromatic N) is 1. The average Bonchev–Trinajstić information content (AvgIpc) is 2.44. The Hall–Kier alpha value is -1.60. The van der Waals surface area contributed by atoms with E-state index in [1.165, 1.54) is 38.4 Å². The molecule has 0 spiro atoms. The first-order valence-electron chi connectivity index (χ1n) is 6.84. The van der Waals surface area contributed by atoms with Gasteiger partial charge in [0.2, 0.25) is 10.0 Å². The van der Waals surface area contributed by atoms with Crippen molar-refractivity contribution in [3.8, 4) is 0 Å². The number of benzene rings is 1. The lowest BCUT2D eigenvalue weighted by Crippen LogP contribution is -2.22. The Kier molecular flexibility index (Phi) is 6.64. The van der Waals surface area contributed by atoms with Crippen molar-refractivity contribution in [2.45, 2.75) is 31.1 Å². The standard InChI is InChI=1S/C14H22N2O4S/c1-4-5-6-11-20-14(17)15-12-7-9-13(10-8-12)21(18,19)16(2)3/h7-10H,4-6,11H2,1-3H3,(H,15,17). The minimum absolute atomic E-state index is 0.175. The van der Waals surface area contributed by atoms with Gasteiger partial charge in [-0.3, -0.25) is 5.32 Å². The fourth-order valence-electron chi connectivity index (χ4n) is 1.59. The first kappa shape index (κ1) is 17.5. The Labute approximate surface area is 126 Å². The van der Waals surface area contributed by atoms with Gasteiger partial charge in [0.25, 0.3) is 0 Å². The molecule has 1 amide bonds. The summed E-state index contributed by atoms with van der Waals surface area (Å²) in [6, 6.07) is 5.96. The topological polar surface area (TPSA) is 75.7 Å². The number of amides is 1. The Morgan fingerprint density at radius 1 is 1.19 bits per heavy atom. The van der Waals surface area contributed by atoms with Crippen molar-refractivity contribution >= 4 is 21.8 Å². The van der Waals surface area contributed by atoms with E-state index in [0.717, 1.165) is 23.6 Å². The van der Waals surface area contributed by atoms with Crippen LogP contribution in [0.1, 0.15) is 26.2 Å². The van der Waals surface area contributed by atoms with Gasteiger partial charge >= 0.3 is 6.09 Å². The number of anilines is 1. The van der Waals surface area contributed by atoms with Crippen LogP contribution in [0.3, 0.4) is 0 Å². The summed E-state index contributed by atoms with van der Waals surface area (Å²) in [5.74, 6) is 0. The van der Waals surface area contributed by atoms with Crippen LogP contribution in [0.4, 0.5) is 10.5 Å². The Balaban J connectivity index is 2.57. The zero-order valence-corrected chi connectivity index (χ0v) is 13.4. The minimum atomic E-state index is -3.45. The van der Waals surface area contributed by atoms with E-state index in [0.29, 0.717) is 12.3 Å². The molecule has 0 saturated heterocycles. The molecule has 0 aliphatic heterocycles. The molecule has 0 unspecified atom stereocenters. The van der Waals surface area contributed by atoms with Crippen molar-refractivity contribution in [2.24, 2.45) is 0 Å². The maximum atomic E-state index is 11.9. The number of sulfonamides is 1. The van der Waals surface area contributed by atoms with Gasteiger partial charge in [0.1, 0.15) is 0 Å². The van der Waals surface area contributed by atoms with Crippen LogP contribution < -0.4 is 5.32 Å². The van der Waals surface area contributed by atoms with E-state index in [1.807, 2.05) is 0 Å². The number of hydrogen-bond acceptors (Lipinski definition) is 4. The molecule has 0 bridgehead atoms. The molecule has 118 valence electrons. The predicted molar refractivity (Wildman–Crippen MR) is 81.8 cm³/mol. The zero-order valence-electron chi connectivity index (χ0n) is 12.6. The molecule has 6 nitrogen and oxygen atoms in total. The second kappa shape index (κ2) is 7.99. The van der Waals surface area contributed by atoms with Gasteiger partial charge in [-0.25, -0.2) is 17.5 Å². The fraction of sp³-hybridized carbons (Fsp3) is 0.500. The number of carbonyl (C=O) groups excluding carboxylic acids is 1. The third-order valence-corrected chi connectivity index (χ3v) is 4.69. The van der Waals surface area contributed by atoms with E-state index >= 15 is 0 Å². The second-order valence-corrected chi connectivity index (χ2v) is 6.93. The normalized spacial score (nSPS) is 11.4. The molecular weight excluding hydrogens is 292 g/mol. The van der Waals surface area contributed by atoms with Gasteiger partial charge in [0.05, 0.1) is 11.5 Å². The lowest BCUT2D eigenvalue weighted by Gasteiger charge is -2.12. The van der Waals surface area contributed by atoms with Crippen molar-refractivity contribution in [1.29, 1.82) is 0 Å². The van der Waals surface area contributed by atoms with E-state index in [-0.39, 0.29) is 4.90 Å².